The number of ether oxygens (including phenoxy) is 2. The van der Waals surface area contributed by atoms with Crippen LogP contribution >= 0.6 is 0 Å². The van der Waals surface area contributed by atoms with E-state index >= 15 is 0 Å². The molecule has 0 unspecified atom stereocenters. The molecule has 4 heterocycles. The van der Waals surface area contributed by atoms with E-state index in [1.165, 1.54) is 5.69 Å². The lowest BCUT2D eigenvalue weighted by atomic mass is 9.82. The van der Waals surface area contributed by atoms with Gasteiger partial charge in [0.1, 0.15) is 12.4 Å². The number of morpholine rings is 1. The number of nitrogens with zero attached hydrogens (tertiary/aromatic N) is 3. The third kappa shape index (κ3) is 7.94. The van der Waals surface area contributed by atoms with Gasteiger partial charge in [-0.25, -0.2) is 0 Å². The first-order valence-corrected chi connectivity index (χ1v) is 14.6. The number of piperidine rings is 1. The van der Waals surface area contributed by atoms with Crippen molar-refractivity contribution in [3.63, 3.8) is 0 Å². The summed E-state index contributed by atoms with van der Waals surface area (Å²) >= 11 is 0. The molecule has 10 heteroatoms. The van der Waals surface area contributed by atoms with Crippen LogP contribution in [0.1, 0.15) is 18.4 Å². The SMILES string of the molecule is O=C(C[C@@H]1CCN2C[C@@H]1/C=C\COc1ccc(N3CCNCC3)cc1CNCC2=O)NCCN1CCOCC1. The third-order valence-corrected chi connectivity index (χ3v) is 8.30. The zero-order valence-corrected chi connectivity index (χ0v) is 23.0. The normalized spacial score (nSPS) is 25.9. The second-order valence-corrected chi connectivity index (χ2v) is 10.9. The van der Waals surface area contributed by atoms with Gasteiger partial charge in [-0.3, -0.25) is 14.5 Å². The molecular weight excluding hydrogens is 496 g/mol. The summed E-state index contributed by atoms with van der Waals surface area (Å²) < 4.78 is 11.6. The van der Waals surface area contributed by atoms with Crippen molar-refractivity contribution in [2.45, 2.75) is 19.4 Å². The maximum atomic E-state index is 13.1. The number of carbonyl (C=O) groups is 2. The van der Waals surface area contributed by atoms with Gasteiger partial charge in [0.15, 0.2) is 0 Å². The Morgan fingerprint density at radius 1 is 1.03 bits per heavy atom. The average Bonchev–Trinajstić information content (AvgIpc) is 2.98. The van der Waals surface area contributed by atoms with Gasteiger partial charge in [-0.15, -0.1) is 0 Å². The van der Waals surface area contributed by atoms with Crippen molar-refractivity contribution in [1.82, 2.24) is 25.8 Å². The van der Waals surface area contributed by atoms with E-state index in [-0.39, 0.29) is 23.7 Å². The fourth-order valence-electron chi connectivity index (χ4n) is 5.97. The molecule has 0 spiro atoms. The summed E-state index contributed by atoms with van der Waals surface area (Å²) in [4.78, 5) is 32.5. The van der Waals surface area contributed by atoms with Crippen molar-refractivity contribution in [2.75, 3.05) is 96.7 Å². The highest BCUT2D eigenvalue weighted by molar-refractivity contribution is 5.79. The van der Waals surface area contributed by atoms with Gasteiger partial charge in [0, 0.05) is 89.7 Å². The number of anilines is 1. The number of rotatable bonds is 6. The number of amides is 2. The van der Waals surface area contributed by atoms with Crippen molar-refractivity contribution in [3.8, 4) is 5.75 Å². The summed E-state index contributed by atoms with van der Waals surface area (Å²) in [6.45, 7) is 11.5. The molecule has 3 saturated heterocycles. The van der Waals surface area contributed by atoms with Gasteiger partial charge in [-0.2, -0.15) is 0 Å². The maximum absolute atomic E-state index is 13.1. The van der Waals surface area contributed by atoms with Crippen molar-refractivity contribution >= 4 is 17.5 Å². The van der Waals surface area contributed by atoms with E-state index < -0.39 is 0 Å². The van der Waals surface area contributed by atoms with Crippen LogP contribution in [0.25, 0.3) is 0 Å². The molecular formula is C29H44N6O4. The van der Waals surface area contributed by atoms with Gasteiger partial charge in [-0.05, 0) is 36.5 Å². The second kappa shape index (κ2) is 14.1. The second-order valence-electron chi connectivity index (χ2n) is 10.9. The zero-order valence-electron chi connectivity index (χ0n) is 23.0. The molecule has 214 valence electrons. The molecule has 3 N–H and O–H groups in total. The van der Waals surface area contributed by atoms with E-state index in [9.17, 15) is 9.59 Å². The van der Waals surface area contributed by atoms with Crippen LogP contribution in [-0.4, -0.2) is 113 Å². The Morgan fingerprint density at radius 2 is 1.87 bits per heavy atom. The molecule has 39 heavy (non-hydrogen) atoms. The van der Waals surface area contributed by atoms with Crippen LogP contribution in [-0.2, 0) is 20.9 Å². The summed E-state index contributed by atoms with van der Waals surface area (Å²) in [5.74, 6) is 1.39. The number of piperazine rings is 1. The lowest BCUT2D eigenvalue weighted by Crippen LogP contribution is -2.47. The van der Waals surface area contributed by atoms with Crippen LogP contribution in [0, 0.1) is 11.8 Å². The van der Waals surface area contributed by atoms with E-state index in [1.807, 2.05) is 4.90 Å². The minimum absolute atomic E-state index is 0.0940. The first-order valence-electron chi connectivity index (χ1n) is 14.6. The molecule has 4 aliphatic rings. The van der Waals surface area contributed by atoms with Crippen molar-refractivity contribution in [3.05, 3.63) is 35.9 Å². The van der Waals surface area contributed by atoms with Gasteiger partial charge >= 0.3 is 0 Å². The Kier molecular flexibility index (Phi) is 10.1. The van der Waals surface area contributed by atoms with E-state index in [0.29, 0.717) is 45.8 Å². The van der Waals surface area contributed by atoms with Gasteiger partial charge in [0.25, 0.3) is 0 Å². The fourth-order valence-corrected chi connectivity index (χ4v) is 5.97. The number of benzene rings is 1. The molecule has 1 aromatic rings. The molecule has 5 rings (SSSR count). The number of hydrogen-bond acceptors (Lipinski definition) is 8. The first-order chi connectivity index (χ1) is 19.2. The van der Waals surface area contributed by atoms with Gasteiger partial charge in [0.2, 0.25) is 11.8 Å². The van der Waals surface area contributed by atoms with Crippen LogP contribution in [0.3, 0.4) is 0 Å². The Hall–Kier alpha value is -2.66. The Bertz CT molecular complexity index is 992. The third-order valence-electron chi connectivity index (χ3n) is 8.30. The van der Waals surface area contributed by atoms with Crippen molar-refractivity contribution < 1.29 is 19.1 Å². The standard InChI is InChI=1S/C29H44N6O4/c36-28(32-8-10-33-13-16-38-17-14-33)19-23-5-9-35-22-24(23)2-1-15-39-27-4-3-26(34-11-6-30-7-12-34)18-25(27)20-31-21-29(35)37/h1-4,18,23-24,30-31H,5-17,19-22H2,(H,32,36)/b2-1-/t23-,24-/m0/s1. The van der Waals surface area contributed by atoms with Gasteiger partial charge < -0.3 is 35.2 Å². The van der Waals surface area contributed by atoms with Crippen LogP contribution in [0.15, 0.2) is 30.4 Å². The number of fused-ring (bicyclic) bond motifs is 3. The summed E-state index contributed by atoms with van der Waals surface area (Å²) in [6, 6.07) is 6.37. The predicted octanol–water partition coefficient (Wildman–Crippen LogP) is 0.438. The zero-order chi connectivity index (χ0) is 26.9. The first kappa shape index (κ1) is 27.9. The molecule has 10 nitrogen and oxygen atoms in total. The van der Waals surface area contributed by atoms with Gasteiger partial charge in [0.05, 0.1) is 19.8 Å². The van der Waals surface area contributed by atoms with Crippen molar-refractivity contribution in [2.24, 2.45) is 11.8 Å². The minimum atomic E-state index is 0.0940. The van der Waals surface area contributed by atoms with E-state index in [0.717, 1.165) is 76.8 Å². The molecule has 2 bridgehead atoms. The Balaban J connectivity index is 1.19. The molecule has 0 aromatic heterocycles. The molecule has 0 saturated carbocycles. The fraction of sp³-hybridized carbons (Fsp3) is 0.655. The minimum Gasteiger partial charge on any atom is -0.489 e. The van der Waals surface area contributed by atoms with E-state index in [4.69, 9.17) is 9.47 Å². The Labute approximate surface area is 232 Å². The summed E-state index contributed by atoms with van der Waals surface area (Å²) in [5.41, 5.74) is 2.26. The Morgan fingerprint density at radius 3 is 2.72 bits per heavy atom. The largest absolute Gasteiger partial charge is 0.489 e. The smallest absolute Gasteiger partial charge is 0.236 e. The van der Waals surface area contributed by atoms with E-state index in [1.54, 1.807) is 0 Å². The predicted molar refractivity (Wildman–Crippen MR) is 151 cm³/mol. The monoisotopic (exact) mass is 540 g/mol. The molecule has 1 aromatic carbocycles. The van der Waals surface area contributed by atoms with Crippen LogP contribution in [0.4, 0.5) is 5.69 Å². The summed E-state index contributed by atoms with van der Waals surface area (Å²) in [6.07, 6.45) is 5.52. The quantitative estimate of drug-likeness (QED) is 0.448. The highest BCUT2D eigenvalue weighted by Crippen LogP contribution is 2.29. The van der Waals surface area contributed by atoms with E-state index in [2.05, 4.69) is 56.1 Å². The number of carbonyl (C=O) groups excluding carboxylic acids is 2. The number of hydrogen-bond donors (Lipinski definition) is 3. The molecule has 0 aliphatic carbocycles. The number of nitrogens with one attached hydrogen (secondary N) is 3. The summed E-state index contributed by atoms with van der Waals surface area (Å²) in [7, 11) is 0. The van der Waals surface area contributed by atoms with Crippen LogP contribution in [0.2, 0.25) is 0 Å². The summed E-state index contributed by atoms with van der Waals surface area (Å²) in [5, 5.41) is 9.87. The molecule has 0 radical (unpaired) electrons. The highest BCUT2D eigenvalue weighted by Gasteiger charge is 2.31. The molecule has 2 atom stereocenters. The van der Waals surface area contributed by atoms with Crippen LogP contribution in [0.5, 0.6) is 5.75 Å². The van der Waals surface area contributed by atoms with Crippen molar-refractivity contribution in [1.29, 1.82) is 0 Å². The van der Waals surface area contributed by atoms with Gasteiger partial charge in [-0.1, -0.05) is 12.2 Å². The average molecular weight is 541 g/mol. The maximum Gasteiger partial charge on any atom is 0.236 e. The molecule has 4 aliphatic heterocycles. The molecule has 3 fully saturated rings. The van der Waals surface area contributed by atoms with Crippen LogP contribution < -0.4 is 25.6 Å². The lowest BCUT2D eigenvalue weighted by molar-refractivity contribution is -0.132. The lowest BCUT2D eigenvalue weighted by Gasteiger charge is -2.37. The molecule has 2 amide bonds. The highest BCUT2D eigenvalue weighted by atomic mass is 16.5. The topological polar surface area (TPSA) is 98.4 Å².